The number of hydrogen-bond acceptors (Lipinski definition) is 5. The summed E-state index contributed by atoms with van der Waals surface area (Å²) in [6, 6.07) is 2.12. The second-order valence-corrected chi connectivity index (χ2v) is 8.90. The molecule has 1 N–H and O–H groups in total. The van der Waals surface area contributed by atoms with E-state index >= 15 is 0 Å². The van der Waals surface area contributed by atoms with Crippen molar-refractivity contribution < 1.29 is 13.5 Å². The Morgan fingerprint density at radius 1 is 1.43 bits per heavy atom. The van der Waals surface area contributed by atoms with E-state index < -0.39 is 10.0 Å². The van der Waals surface area contributed by atoms with E-state index in [1.807, 2.05) is 30.7 Å². The number of hydrogen-bond donors (Lipinski definition) is 1. The number of aromatic nitrogens is 2. The second kappa shape index (κ2) is 6.35. The fourth-order valence-corrected chi connectivity index (χ4v) is 5.15. The normalized spacial score (nSPS) is 23.0. The highest BCUT2D eigenvalue weighted by Gasteiger charge is 2.40. The number of thiophene rings is 1. The van der Waals surface area contributed by atoms with Crippen LogP contribution in [0.2, 0.25) is 0 Å². The van der Waals surface area contributed by atoms with Gasteiger partial charge in [-0.25, -0.2) is 8.42 Å². The number of aliphatic hydroxyl groups is 1. The molecule has 1 aliphatic rings. The maximum absolute atomic E-state index is 12.8. The Hall–Kier alpha value is -1.22. The summed E-state index contributed by atoms with van der Waals surface area (Å²) < 4.78 is 28.8. The molecule has 3 rings (SSSR count). The van der Waals surface area contributed by atoms with Crippen LogP contribution in [0.25, 0.3) is 0 Å². The first-order chi connectivity index (χ1) is 10.9. The van der Waals surface area contributed by atoms with Gasteiger partial charge in [0.2, 0.25) is 10.0 Å². The number of rotatable bonds is 5. The Morgan fingerprint density at radius 2 is 2.22 bits per heavy atom. The largest absolute Gasteiger partial charge is 0.396 e. The summed E-state index contributed by atoms with van der Waals surface area (Å²) in [6.07, 6.45) is 2.98. The third-order valence-electron chi connectivity index (χ3n) is 4.36. The molecule has 0 spiro atoms. The van der Waals surface area contributed by atoms with E-state index in [0.29, 0.717) is 13.1 Å². The highest BCUT2D eigenvalue weighted by atomic mass is 32.2. The van der Waals surface area contributed by atoms with Crippen molar-refractivity contribution in [1.29, 1.82) is 0 Å². The van der Waals surface area contributed by atoms with Crippen molar-refractivity contribution in [2.45, 2.75) is 30.7 Å². The second-order valence-electron chi connectivity index (χ2n) is 6.18. The Morgan fingerprint density at radius 3 is 2.78 bits per heavy atom. The molecule has 0 aromatic carbocycles. The third-order valence-corrected chi connectivity index (χ3v) is 6.84. The molecule has 8 heteroatoms. The van der Waals surface area contributed by atoms with E-state index in [1.54, 1.807) is 22.2 Å². The minimum atomic E-state index is -3.58. The summed E-state index contributed by atoms with van der Waals surface area (Å²) in [5, 5.41) is 17.8. The predicted octanol–water partition coefficient (Wildman–Crippen LogP) is 1.92. The lowest BCUT2D eigenvalue weighted by molar-refractivity contribution is 0.223. The van der Waals surface area contributed by atoms with E-state index in [0.717, 1.165) is 5.56 Å². The Labute approximate surface area is 140 Å². The van der Waals surface area contributed by atoms with Crippen LogP contribution in [-0.4, -0.2) is 47.3 Å². The molecule has 126 valence electrons. The molecule has 0 amide bonds. The molecule has 2 aromatic rings. The van der Waals surface area contributed by atoms with Gasteiger partial charge >= 0.3 is 0 Å². The molecule has 0 unspecified atom stereocenters. The average molecular weight is 355 g/mol. The van der Waals surface area contributed by atoms with Crippen LogP contribution in [0.4, 0.5) is 0 Å². The molecular formula is C15H21N3O3S2. The van der Waals surface area contributed by atoms with Crippen molar-refractivity contribution in [3.05, 3.63) is 34.8 Å². The lowest BCUT2D eigenvalue weighted by Gasteiger charge is -2.15. The zero-order valence-electron chi connectivity index (χ0n) is 13.2. The lowest BCUT2D eigenvalue weighted by Crippen LogP contribution is -2.29. The summed E-state index contributed by atoms with van der Waals surface area (Å²) in [7, 11) is -3.58. The first-order valence-electron chi connectivity index (χ1n) is 7.60. The van der Waals surface area contributed by atoms with Gasteiger partial charge in [-0.1, -0.05) is 0 Å². The molecule has 6 nitrogen and oxygen atoms in total. The van der Waals surface area contributed by atoms with Crippen molar-refractivity contribution in [3.8, 4) is 0 Å². The van der Waals surface area contributed by atoms with Crippen LogP contribution in [0.1, 0.15) is 31.4 Å². The minimum Gasteiger partial charge on any atom is -0.396 e. The quantitative estimate of drug-likeness (QED) is 0.889. The molecule has 1 saturated heterocycles. The van der Waals surface area contributed by atoms with E-state index in [2.05, 4.69) is 5.10 Å². The molecule has 0 bridgehead atoms. The molecule has 2 aromatic heterocycles. The average Bonchev–Trinajstić information content (AvgIpc) is 3.25. The molecule has 1 aliphatic heterocycles. The maximum atomic E-state index is 12.8. The minimum absolute atomic E-state index is 0.0161. The van der Waals surface area contributed by atoms with Crippen LogP contribution in [-0.2, 0) is 10.0 Å². The zero-order chi connectivity index (χ0) is 16.6. The Balaban J connectivity index is 1.86. The Kier molecular flexibility index (Phi) is 4.59. The maximum Gasteiger partial charge on any atom is 0.246 e. The van der Waals surface area contributed by atoms with Gasteiger partial charge in [-0.05, 0) is 36.2 Å². The molecule has 0 radical (unpaired) electrons. The van der Waals surface area contributed by atoms with Gasteiger partial charge in [0.05, 0.1) is 6.20 Å². The van der Waals surface area contributed by atoms with E-state index in [1.165, 1.54) is 10.5 Å². The van der Waals surface area contributed by atoms with Crippen LogP contribution in [0.5, 0.6) is 0 Å². The number of nitrogens with zero attached hydrogens (tertiary/aromatic N) is 3. The standard InChI is InChI=1S/C15H21N3O3S2/c1-11(2)18-7-14(5-16-18)23(20,21)17-6-13(9-19)15(8-17)12-3-4-22-10-12/h3-5,7,10-11,13,15,19H,6,8-9H2,1-2H3/t13-,15-/m1/s1. The first kappa shape index (κ1) is 16.6. The summed E-state index contributed by atoms with van der Waals surface area (Å²) in [5.41, 5.74) is 1.10. The number of aliphatic hydroxyl groups excluding tert-OH is 1. The SMILES string of the molecule is CC(C)n1cc(S(=O)(=O)N2C[C@H](CO)[C@@H](c3ccsc3)C2)cn1. The van der Waals surface area contributed by atoms with Gasteiger partial charge in [0.25, 0.3) is 0 Å². The first-order valence-corrected chi connectivity index (χ1v) is 9.99. The van der Waals surface area contributed by atoms with E-state index in [4.69, 9.17) is 0 Å². The summed E-state index contributed by atoms with van der Waals surface area (Å²) in [5.74, 6) is -0.0271. The lowest BCUT2D eigenvalue weighted by atomic mass is 9.92. The van der Waals surface area contributed by atoms with E-state index in [-0.39, 0.29) is 29.4 Å². The molecule has 0 saturated carbocycles. The fourth-order valence-electron chi connectivity index (χ4n) is 2.96. The van der Waals surface area contributed by atoms with Gasteiger partial charge in [0.15, 0.2) is 0 Å². The molecule has 2 atom stereocenters. The van der Waals surface area contributed by atoms with Gasteiger partial charge < -0.3 is 5.11 Å². The van der Waals surface area contributed by atoms with Crippen LogP contribution in [0, 0.1) is 5.92 Å². The van der Waals surface area contributed by atoms with Crippen molar-refractivity contribution in [2.24, 2.45) is 5.92 Å². The fraction of sp³-hybridized carbons (Fsp3) is 0.533. The van der Waals surface area contributed by atoms with Gasteiger partial charge in [0, 0.05) is 43.8 Å². The Bertz CT molecular complexity index is 753. The van der Waals surface area contributed by atoms with Gasteiger partial charge in [-0.2, -0.15) is 20.7 Å². The zero-order valence-corrected chi connectivity index (χ0v) is 14.8. The highest BCUT2D eigenvalue weighted by Crippen LogP contribution is 2.36. The van der Waals surface area contributed by atoms with Crippen LogP contribution in [0.3, 0.4) is 0 Å². The van der Waals surface area contributed by atoms with E-state index in [9.17, 15) is 13.5 Å². The van der Waals surface area contributed by atoms with Gasteiger partial charge in [-0.15, -0.1) is 0 Å². The van der Waals surface area contributed by atoms with Crippen molar-refractivity contribution in [3.63, 3.8) is 0 Å². The van der Waals surface area contributed by atoms with Crippen molar-refractivity contribution >= 4 is 21.4 Å². The van der Waals surface area contributed by atoms with Crippen molar-refractivity contribution in [2.75, 3.05) is 19.7 Å². The summed E-state index contributed by atoms with van der Waals surface area (Å²) in [4.78, 5) is 0.217. The molecule has 1 fully saturated rings. The van der Waals surface area contributed by atoms with Gasteiger partial charge in [-0.3, -0.25) is 4.68 Å². The number of sulfonamides is 1. The van der Waals surface area contributed by atoms with Crippen molar-refractivity contribution in [1.82, 2.24) is 14.1 Å². The highest BCUT2D eigenvalue weighted by molar-refractivity contribution is 7.89. The topological polar surface area (TPSA) is 75.4 Å². The van der Waals surface area contributed by atoms with Gasteiger partial charge in [0.1, 0.15) is 4.90 Å². The monoisotopic (exact) mass is 355 g/mol. The molecule has 3 heterocycles. The third kappa shape index (κ3) is 3.08. The van der Waals surface area contributed by atoms with Crippen LogP contribution in [0.15, 0.2) is 34.1 Å². The summed E-state index contributed by atoms with van der Waals surface area (Å²) in [6.45, 7) is 4.63. The van der Waals surface area contributed by atoms with Crippen LogP contribution >= 0.6 is 11.3 Å². The summed E-state index contributed by atoms with van der Waals surface area (Å²) >= 11 is 1.59. The molecular weight excluding hydrogens is 334 g/mol. The predicted molar refractivity (Wildman–Crippen MR) is 89.0 cm³/mol. The smallest absolute Gasteiger partial charge is 0.246 e. The van der Waals surface area contributed by atoms with Crippen LogP contribution < -0.4 is 0 Å². The molecule has 0 aliphatic carbocycles. The molecule has 23 heavy (non-hydrogen) atoms.